The molecule has 6 heteroatoms. The lowest BCUT2D eigenvalue weighted by Gasteiger charge is -2.40. The first-order valence-electron chi connectivity index (χ1n) is 11.7. The highest BCUT2D eigenvalue weighted by atomic mass is 16.2. The second-order valence-electron chi connectivity index (χ2n) is 10.2. The summed E-state index contributed by atoms with van der Waals surface area (Å²) in [7, 11) is 0. The molecule has 0 aromatic heterocycles. The van der Waals surface area contributed by atoms with Crippen molar-refractivity contribution in [3.63, 3.8) is 0 Å². The van der Waals surface area contributed by atoms with Crippen molar-refractivity contribution in [3.8, 4) is 0 Å². The van der Waals surface area contributed by atoms with Crippen LogP contribution >= 0.6 is 0 Å². The highest BCUT2D eigenvalue weighted by Gasteiger charge is 2.35. The minimum atomic E-state index is -0.413. The molecule has 177 valence electrons. The first-order valence-corrected chi connectivity index (χ1v) is 11.7. The number of carbonyl (C=O) groups excluding carboxylic acids is 2. The van der Waals surface area contributed by atoms with Crippen molar-refractivity contribution in [2.75, 3.05) is 16.4 Å². The van der Waals surface area contributed by atoms with E-state index < -0.39 is 6.03 Å². The van der Waals surface area contributed by atoms with Gasteiger partial charge in [0.15, 0.2) is 0 Å². The molecule has 2 aromatic carbocycles. The normalized spacial score (nSPS) is 16.8. The van der Waals surface area contributed by atoms with Gasteiger partial charge < -0.3 is 21.7 Å². The molecule has 6 nitrogen and oxygen atoms in total. The van der Waals surface area contributed by atoms with E-state index in [1.807, 2.05) is 32.9 Å². The van der Waals surface area contributed by atoms with Crippen LogP contribution < -0.4 is 21.7 Å². The summed E-state index contributed by atoms with van der Waals surface area (Å²) in [5.74, 6) is 1.16. The van der Waals surface area contributed by atoms with Crippen molar-refractivity contribution in [3.05, 3.63) is 58.5 Å². The van der Waals surface area contributed by atoms with Gasteiger partial charge in [-0.25, -0.2) is 4.79 Å². The SMILES string of the molecule is Cc1cc(C)c(NC(=O)Nc2cc(N)ccc2C(=O)N[C@H]2CCCC[C]2C(C)(C)C)c(C)c1. The van der Waals surface area contributed by atoms with Gasteiger partial charge in [0.25, 0.3) is 5.91 Å². The van der Waals surface area contributed by atoms with Gasteiger partial charge in [0, 0.05) is 23.3 Å². The van der Waals surface area contributed by atoms with Crippen molar-refractivity contribution < 1.29 is 9.59 Å². The molecular weight excluding hydrogens is 412 g/mol. The van der Waals surface area contributed by atoms with Gasteiger partial charge in [-0.05, 0) is 68.4 Å². The first-order chi connectivity index (χ1) is 15.5. The van der Waals surface area contributed by atoms with Gasteiger partial charge >= 0.3 is 6.03 Å². The molecule has 0 aliphatic heterocycles. The maximum absolute atomic E-state index is 13.3. The third-order valence-corrected chi connectivity index (χ3v) is 6.33. The van der Waals surface area contributed by atoms with E-state index in [9.17, 15) is 9.59 Å². The summed E-state index contributed by atoms with van der Waals surface area (Å²) >= 11 is 0. The lowest BCUT2D eigenvalue weighted by Crippen LogP contribution is -2.45. The van der Waals surface area contributed by atoms with E-state index in [1.54, 1.807) is 18.2 Å². The van der Waals surface area contributed by atoms with Crippen molar-refractivity contribution >= 4 is 29.0 Å². The molecule has 1 radical (unpaired) electrons. The van der Waals surface area contributed by atoms with Crippen LogP contribution in [0.4, 0.5) is 21.9 Å². The average Bonchev–Trinajstić information content (AvgIpc) is 2.70. The van der Waals surface area contributed by atoms with Gasteiger partial charge in [0.2, 0.25) is 0 Å². The fourth-order valence-corrected chi connectivity index (χ4v) is 4.81. The summed E-state index contributed by atoms with van der Waals surface area (Å²) in [5, 5.41) is 8.96. The summed E-state index contributed by atoms with van der Waals surface area (Å²) < 4.78 is 0. The van der Waals surface area contributed by atoms with Gasteiger partial charge in [0.1, 0.15) is 0 Å². The predicted octanol–water partition coefficient (Wildman–Crippen LogP) is 6.13. The number of aryl methyl sites for hydroxylation is 3. The zero-order chi connectivity index (χ0) is 24.3. The number of nitrogens with two attached hydrogens (primary N) is 1. The van der Waals surface area contributed by atoms with E-state index in [-0.39, 0.29) is 17.4 Å². The monoisotopic (exact) mass is 449 g/mol. The first kappa shape index (κ1) is 24.6. The number of anilines is 3. The molecule has 0 bridgehead atoms. The Kier molecular flexibility index (Phi) is 7.35. The molecular formula is C27H37N4O2. The molecule has 2 aromatic rings. The molecule has 3 rings (SSSR count). The molecule has 33 heavy (non-hydrogen) atoms. The smallest absolute Gasteiger partial charge is 0.323 e. The second-order valence-corrected chi connectivity index (χ2v) is 10.2. The second kappa shape index (κ2) is 9.86. The molecule has 1 atom stereocenters. The molecule has 0 spiro atoms. The molecule has 0 saturated heterocycles. The summed E-state index contributed by atoms with van der Waals surface area (Å²) in [4.78, 5) is 26.1. The quantitative estimate of drug-likeness (QED) is 0.423. The number of urea groups is 1. The number of rotatable bonds is 4. The van der Waals surface area contributed by atoms with E-state index in [4.69, 9.17) is 5.73 Å². The minimum Gasteiger partial charge on any atom is -0.399 e. The van der Waals surface area contributed by atoms with Gasteiger partial charge in [-0.1, -0.05) is 51.3 Å². The van der Waals surface area contributed by atoms with E-state index >= 15 is 0 Å². The average molecular weight is 450 g/mol. The zero-order valence-corrected chi connectivity index (χ0v) is 20.7. The largest absolute Gasteiger partial charge is 0.399 e. The van der Waals surface area contributed by atoms with Crippen molar-refractivity contribution in [2.45, 2.75) is 73.3 Å². The van der Waals surface area contributed by atoms with Crippen LogP contribution in [0.15, 0.2) is 30.3 Å². The molecule has 3 amide bonds. The predicted molar refractivity (Wildman–Crippen MR) is 137 cm³/mol. The number of benzene rings is 2. The van der Waals surface area contributed by atoms with Crippen molar-refractivity contribution in [1.82, 2.24) is 5.32 Å². The summed E-state index contributed by atoms with van der Waals surface area (Å²) in [6.45, 7) is 12.5. The van der Waals surface area contributed by atoms with Crippen LogP contribution in [0.25, 0.3) is 0 Å². The Morgan fingerprint density at radius 1 is 0.970 bits per heavy atom. The maximum Gasteiger partial charge on any atom is 0.323 e. The Balaban J connectivity index is 1.79. The summed E-state index contributed by atoms with van der Waals surface area (Å²) in [5.41, 5.74) is 11.1. The van der Waals surface area contributed by atoms with E-state index in [0.29, 0.717) is 16.9 Å². The van der Waals surface area contributed by atoms with Crippen molar-refractivity contribution in [2.24, 2.45) is 5.41 Å². The van der Waals surface area contributed by atoms with Crippen LogP contribution in [0.5, 0.6) is 0 Å². The molecule has 1 saturated carbocycles. The standard InChI is InChI=1S/C27H37N4O2/c1-16-13-17(2)24(18(3)14-16)31-26(33)30-23-15-19(28)11-12-20(23)25(32)29-22-10-8-7-9-21(22)27(4,5)6/h11-15,22H,7-10,28H2,1-6H3,(H,29,32)(H2,30,31,33)/t22-/m0/s1. The third-order valence-electron chi connectivity index (χ3n) is 6.33. The highest BCUT2D eigenvalue weighted by Crippen LogP contribution is 2.40. The fraction of sp³-hybridized carbons (Fsp3) is 0.444. The Labute approximate surface area is 197 Å². The summed E-state index contributed by atoms with van der Waals surface area (Å²) in [6.07, 6.45) is 4.21. The van der Waals surface area contributed by atoms with Gasteiger partial charge in [-0.3, -0.25) is 4.79 Å². The molecule has 0 heterocycles. The van der Waals surface area contributed by atoms with Crippen LogP contribution in [0, 0.1) is 32.1 Å². The van der Waals surface area contributed by atoms with Crippen LogP contribution in [0.2, 0.25) is 0 Å². The summed E-state index contributed by atoms with van der Waals surface area (Å²) in [6, 6.07) is 8.64. The maximum atomic E-state index is 13.3. The number of hydrogen-bond donors (Lipinski definition) is 4. The van der Waals surface area contributed by atoms with E-state index in [2.05, 4.69) is 36.7 Å². The van der Waals surface area contributed by atoms with Gasteiger partial charge in [0.05, 0.1) is 11.3 Å². The Morgan fingerprint density at radius 2 is 1.64 bits per heavy atom. The number of nitrogen functional groups attached to an aromatic ring is 1. The number of amides is 3. The van der Waals surface area contributed by atoms with Crippen LogP contribution in [0.1, 0.15) is 73.5 Å². The van der Waals surface area contributed by atoms with E-state index in [0.717, 1.165) is 48.1 Å². The zero-order valence-electron chi connectivity index (χ0n) is 20.7. The lowest BCUT2D eigenvalue weighted by atomic mass is 9.69. The third kappa shape index (κ3) is 6.06. The molecule has 1 aliphatic rings. The molecule has 1 aliphatic carbocycles. The Hall–Kier alpha value is -3.02. The van der Waals surface area contributed by atoms with E-state index in [1.165, 1.54) is 5.92 Å². The molecule has 1 fully saturated rings. The van der Waals surface area contributed by atoms with Crippen LogP contribution in [0.3, 0.4) is 0 Å². The number of nitrogens with one attached hydrogen (secondary N) is 3. The number of hydrogen-bond acceptors (Lipinski definition) is 3. The molecule has 5 N–H and O–H groups in total. The Bertz CT molecular complexity index is 1020. The van der Waals surface area contributed by atoms with Crippen molar-refractivity contribution in [1.29, 1.82) is 0 Å². The highest BCUT2D eigenvalue weighted by molar-refractivity contribution is 6.07. The topological polar surface area (TPSA) is 96.2 Å². The van der Waals surface area contributed by atoms with Crippen LogP contribution in [-0.2, 0) is 0 Å². The van der Waals surface area contributed by atoms with Gasteiger partial charge in [-0.15, -0.1) is 0 Å². The minimum absolute atomic E-state index is 0.0309. The number of carbonyl (C=O) groups is 2. The lowest BCUT2D eigenvalue weighted by molar-refractivity contribution is 0.0924. The van der Waals surface area contributed by atoms with Crippen LogP contribution in [-0.4, -0.2) is 18.0 Å². The van der Waals surface area contributed by atoms with Gasteiger partial charge in [-0.2, -0.15) is 0 Å². The fourth-order valence-electron chi connectivity index (χ4n) is 4.81. The Morgan fingerprint density at radius 3 is 2.27 bits per heavy atom. The molecule has 0 unspecified atom stereocenters.